The molecule has 1 aromatic carbocycles. The van der Waals surface area contributed by atoms with Crippen LogP contribution in [0.5, 0.6) is 5.75 Å². The maximum Gasteiger partial charge on any atom is 0.186 e. The van der Waals surface area contributed by atoms with Gasteiger partial charge >= 0.3 is 0 Å². The molecule has 0 atom stereocenters. The lowest BCUT2D eigenvalue weighted by Crippen LogP contribution is -2.06. The molecule has 0 spiro atoms. The van der Waals surface area contributed by atoms with Gasteiger partial charge in [-0.2, -0.15) is 0 Å². The van der Waals surface area contributed by atoms with Gasteiger partial charge in [-0.3, -0.25) is 0 Å². The first-order valence-corrected chi connectivity index (χ1v) is 7.02. The van der Waals surface area contributed by atoms with Crippen LogP contribution >= 0.6 is 0 Å². The number of benzene rings is 1. The maximum absolute atomic E-state index is 5.90. The van der Waals surface area contributed by atoms with E-state index < -0.39 is 0 Å². The van der Waals surface area contributed by atoms with E-state index in [1.165, 1.54) is 0 Å². The molecule has 112 valence electrons. The Morgan fingerprint density at radius 3 is 2.43 bits per heavy atom. The summed E-state index contributed by atoms with van der Waals surface area (Å²) in [4.78, 5) is 0. The molecule has 6 nitrogen and oxygen atoms in total. The summed E-state index contributed by atoms with van der Waals surface area (Å²) in [5, 5.41) is 12.3. The number of ether oxygens (including phenoxy) is 1. The molecular weight excluding hydrogens is 266 g/mol. The standard InChI is InChI=1S/C15H21N5O/c1-14(2)13(15(14,3)4)20-12(17-18-19-20)10-8-9(16)6-7-11(10)21-5/h6-8,13H,16H2,1-5H3. The Bertz CT molecular complexity index is 675. The summed E-state index contributed by atoms with van der Waals surface area (Å²) in [6.07, 6.45) is 0. The van der Waals surface area contributed by atoms with E-state index in [2.05, 4.69) is 43.2 Å². The summed E-state index contributed by atoms with van der Waals surface area (Å²) >= 11 is 0. The van der Waals surface area contributed by atoms with Crippen molar-refractivity contribution in [3.05, 3.63) is 18.2 Å². The molecule has 0 amide bonds. The number of tetrazole rings is 1. The number of nitrogens with two attached hydrogens (primary N) is 1. The Labute approximate surface area is 124 Å². The van der Waals surface area contributed by atoms with Crippen molar-refractivity contribution in [2.75, 3.05) is 12.8 Å². The highest BCUT2D eigenvalue weighted by Crippen LogP contribution is 2.71. The van der Waals surface area contributed by atoms with Gasteiger partial charge in [-0.25, -0.2) is 4.68 Å². The van der Waals surface area contributed by atoms with Crippen LogP contribution in [-0.2, 0) is 0 Å². The molecule has 21 heavy (non-hydrogen) atoms. The molecule has 0 bridgehead atoms. The normalized spacial score (nSPS) is 19.5. The minimum absolute atomic E-state index is 0.144. The summed E-state index contributed by atoms with van der Waals surface area (Å²) in [7, 11) is 1.63. The lowest BCUT2D eigenvalue weighted by Gasteiger charge is -2.10. The molecule has 1 aliphatic rings. The Morgan fingerprint density at radius 2 is 1.86 bits per heavy atom. The van der Waals surface area contributed by atoms with Crippen LogP contribution in [0.2, 0.25) is 0 Å². The van der Waals surface area contributed by atoms with Crippen LogP contribution in [0.3, 0.4) is 0 Å². The van der Waals surface area contributed by atoms with Crippen LogP contribution in [0, 0.1) is 10.8 Å². The quantitative estimate of drug-likeness (QED) is 0.878. The number of aromatic nitrogens is 4. The molecule has 3 rings (SSSR count). The van der Waals surface area contributed by atoms with Crippen molar-refractivity contribution in [3.63, 3.8) is 0 Å². The molecule has 2 aromatic rings. The summed E-state index contributed by atoms with van der Waals surface area (Å²) in [6, 6.07) is 5.75. The third kappa shape index (κ3) is 1.81. The van der Waals surface area contributed by atoms with E-state index in [9.17, 15) is 0 Å². The van der Waals surface area contributed by atoms with Gasteiger partial charge in [0.25, 0.3) is 0 Å². The predicted octanol–water partition coefficient (Wildman–Crippen LogP) is 2.54. The third-order valence-corrected chi connectivity index (χ3v) is 5.15. The SMILES string of the molecule is COc1ccc(N)cc1-c1nnnn1C1C(C)(C)C1(C)C. The van der Waals surface area contributed by atoms with Crippen LogP contribution in [0.1, 0.15) is 33.7 Å². The van der Waals surface area contributed by atoms with E-state index in [0.29, 0.717) is 11.5 Å². The topological polar surface area (TPSA) is 78.8 Å². The predicted molar refractivity (Wildman–Crippen MR) is 80.8 cm³/mol. The second-order valence-corrected chi connectivity index (χ2v) is 6.75. The minimum atomic E-state index is 0.144. The molecule has 0 unspecified atom stereocenters. The van der Waals surface area contributed by atoms with Crippen LogP contribution in [-0.4, -0.2) is 27.3 Å². The fourth-order valence-electron chi connectivity index (χ4n) is 3.22. The highest BCUT2D eigenvalue weighted by Gasteiger charge is 2.67. The number of hydrogen-bond acceptors (Lipinski definition) is 5. The number of hydrogen-bond donors (Lipinski definition) is 1. The lowest BCUT2D eigenvalue weighted by atomic mass is 10.0. The van der Waals surface area contributed by atoms with E-state index in [0.717, 1.165) is 11.3 Å². The molecular formula is C15H21N5O. The smallest absolute Gasteiger partial charge is 0.186 e. The minimum Gasteiger partial charge on any atom is -0.496 e. The molecule has 1 fully saturated rings. The lowest BCUT2D eigenvalue weighted by molar-refractivity contribution is 0.415. The van der Waals surface area contributed by atoms with Gasteiger partial charge in [0.2, 0.25) is 0 Å². The number of methoxy groups -OCH3 is 1. The molecule has 6 heteroatoms. The van der Waals surface area contributed by atoms with Crippen molar-refractivity contribution in [2.24, 2.45) is 10.8 Å². The van der Waals surface area contributed by atoms with Gasteiger partial charge in [0.05, 0.1) is 18.7 Å². The van der Waals surface area contributed by atoms with Crippen LogP contribution < -0.4 is 10.5 Å². The molecule has 1 saturated carbocycles. The van der Waals surface area contributed by atoms with Crippen molar-refractivity contribution < 1.29 is 4.74 Å². The van der Waals surface area contributed by atoms with Crippen LogP contribution in [0.15, 0.2) is 18.2 Å². The first-order valence-electron chi connectivity index (χ1n) is 7.02. The zero-order chi connectivity index (χ0) is 15.4. The third-order valence-electron chi connectivity index (χ3n) is 5.15. The second kappa shape index (κ2) is 4.19. The summed E-state index contributed by atoms with van der Waals surface area (Å²) < 4.78 is 7.32. The first kappa shape index (κ1) is 13.9. The molecule has 0 radical (unpaired) electrons. The largest absolute Gasteiger partial charge is 0.496 e. The number of nitrogens with zero attached hydrogens (tertiary/aromatic N) is 4. The Kier molecular flexibility index (Phi) is 2.77. The number of nitrogen functional groups attached to an aromatic ring is 1. The molecule has 2 N–H and O–H groups in total. The Hall–Kier alpha value is -2.11. The zero-order valence-electron chi connectivity index (χ0n) is 13.1. The summed E-state index contributed by atoms with van der Waals surface area (Å²) in [6.45, 7) is 8.94. The van der Waals surface area contributed by atoms with Crippen molar-refractivity contribution in [2.45, 2.75) is 33.7 Å². The van der Waals surface area contributed by atoms with E-state index in [1.54, 1.807) is 7.11 Å². The van der Waals surface area contributed by atoms with Crippen molar-refractivity contribution in [1.29, 1.82) is 0 Å². The highest BCUT2D eigenvalue weighted by atomic mass is 16.5. The van der Waals surface area contributed by atoms with Gasteiger partial charge in [0.15, 0.2) is 5.82 Å². The van der Waals surface area contributed by atoms with E-state index in [-0.39, 0.29) is 16.9 Å². The molecule has 1 heterocycles. The van der Waals surface area contributed by atoms with Gasteiger partial charge in [-0.15, -0.1) is 5.10 Å². The van der Waals surface area contributed by atoms with E-state index in [1.807, 2.05) is 22.9 Å². The van der Waals surface area contributed by atoms with E-state index in [4.69, 9.17) is 10.5 Å². The van der Waals surface area contributed by atoms with Crippen molar-refractivity contribution in [1.82, 2.24) is 20.2 Å². The Morgan fingerprint density at radius 1 is 1.19 bits per heavy atom. The number of anilines is 1. The van der Waals surface area contributed by atoms with E-state index >= 15 is 0 Å². The molecule has 1 aromatic heterocycles. The molecule has 1 aliphatic carbocycles. The van der Waals surface area contributed by atoms with Crippen LogP contribution in [0.25, 0.3) is 11.4 Å². The second-order valence-electron chi connectivity index (χ2n) is 6.75. The monoisotopic (exact) mass is 287 g/mol. The van der Waals surface area contributed by atoms with Crippen molar-refractivity contribution >= 4 is 5.69 Å². The number of rotatable bonds is 3. The first-order chi connectivity index (χ1) is 9.80. The van der Waals surface area contributed by atoms with Gasteiger partial charge in [0, 0.05) is 5.69 Å². The zero-order valence-corrected chi connectivity index (χ0v) is 13.1. The van der Waals surface area contributed by atoms with Gasteiger partial charge in [-0.1, -0.05) is 27.7 Å². The summed E-state index contributed by atoms with van der Waals surface area (Å²) in [5.74, 6) is 1.42. The molecule has 0 saturated heterocycles. The van der Waals surface area contributed by atoms with Gasteiger partial charge in [-0.05, 0) is 39.5 Å². The molecule has 0 aliphatic heterocycles. The fraction of sp³-hybridized carbons (Fsp3) is 0.533. The van der Waals surface area contributed by atoms with Crippen molar-refractivity contribution in [3.8, 4) is 17.1 Å². The highest BCUT2D eigenvalue weighted by molar-refractivity contribution is 5.69. The average molecular weight is 287 g/mol. The average Bonchev–Trinajstić information content (AvgIpc) is 2.77. The van der Waals surface area contributed by atoms with Crippen LogP contribution in [0.4, 0.5) is 5.69 Å². The Balaban J connectivity index is 2.12. The fourth-order valence-corrected chi connectivity index (χ4v) is 3.22. The van der Waals surface area contributed by atoms with Gasteiger partial charge in [0.1, 0.15) is 5.75 Å². The maximum atomic E-state index is 5.90. The van der Waals surface area contributed by atoms with Gasteiger partial charge < -0.3 is 10.5 Å². The summed E-state index contributed by atoms with van der Waals surface area (Å²) in [5.41, 5.74) is 7.67.